The highest BCUT2D eigenvalue weighted by Crippen LogP contribution is 2.30. The molecule has 0 bridgehead atoms. The number of carbonyl (C=O) groups is 2. The fourth-order valence-corrected chi connectivity index (χ4v) is 3.51. The van der Waals surface area contributed by atoms with Gasteiger partial charge in [-0.15, -0.1) is 0 Å². The van der Waals surface area contributed by atoms with Crippen LogP contribution in [-0.4, -0.2) is 59.3 Å². The Hall–Kier alpha value is -2.44. The molecule has 2 aromatic carbocycles. The first kappa shape index (κ1) is 18.4. The van der Waals surface area contributed by atoms with Crippen molar-refractivity contribution in [1.29, 1.82) is 0 Å². The number of nitrogens with one attached hydrogen (secondary N) is 1. The molecule has 0 unspecified atom stereocenters. The minimum absolute atomic E-state index is 0.352. The molecule has 1 saturated heterocycles. The van der Waals surface area contributed by atoms with Crippen molar-refractivity contribution in [3.05, 3.63) is 48.0 Å². The van der Waals surface area contributed by atoms with Gasteiger partial charge in [0.2, 0.25) is 0 Å². The third-order valence-corrected chi connectivity index (χ3v) is 5.12. The fraction of sp³-hybridized carbons (Fsp3) is 0.400. The summed E-state index contributed by atoms with van der Waals surface area (Å²) in [4.78, 5) is 25.2. The molecule has 1 fully saturated rings. The van der Waals surface area contributed by atoms with Crippen molar-refractivity contribution in [3.63, 3.8) is 0 Å². The molecule has 0 spiro atoms. The zero-order valence-corrected chi connectivity index (χ0v) is 14.8. The zero-order valence-electron chi connectivity index (χ0n) is 14.8. The van der Waals surface area contributed by atoms with Gasteiger partial charge in [0.15, 0.2) is 12.2 Å². The van der Waals surface area contributed by atoms with Gasteiger partial charge in [0.25, 0.3) is 11.8 Å². The summed E-state index contributed by atoms with van der Waals surface area (Å²) >= 11 is 0. The monoisotopic (exact) mass is 356 g/mol. The van der Waals surface area contributed by atoms with Gasteiger partial charge < -0.3 is 20.4 Å². The molecule has 3 N–H and O–H groups in total. The number of fused-ring (bicyclic) bond motifs is 1. The zero-order chi connectivity index (χ0) is 18.7. The number of likely N-dealkylation sites (tertiary alicyclic amines) is 1. The number of rotatable bonds is 4. The van der Waals surface area contributed by atoms with E-state index in [0.29, 0.717) is 19.0 Å². The van der Waals surface area contributed by atoms with Gasteiger partial charge in [-0.25, -0.2) is 0 Å². The number of aliphatic hydroxyl groups excluding tert-OH is 2. The maximum absolute atomic E-state index is 12.3. The van der Waals surface area contributed by atoms with Crippen molar-refractivity contribution in [2.75, 3.05) is 20.1 Å². The van der Waals surface area contributed by atoms with Gasteiger partial charge in [-0.05, 0) is 35.1 Å². The van der Waals surface area contributed by atoms with E-state index in [4.69, 9.17) is 0 Å². The van der Waals surface area contributed by atoms with E-state index in [1.54, 1.807) is 0 Å². The number of carbonyl (C=O) groups excluding carboxylic acids is 2. The number of piperidine rings is 1. The fourth-order valence-electron chi connectivity index (χ4n) is 3.51. The van der Waals surface area contributed by atoms with Crippen molar-refractivity contribution < 1.29 is 19.8 Å². The van der Waals surface area contributed by atoms with Gasteiger partial charge >= 0.3 is 0 Å². The molecule has 2 atom stereocenters. The lowest BCUT2D eigenvalue weighted by atomic mass is 9.88. The number of hydrogen-bond donors (Lipinski definition) is 3. The summed E-state index contributed by atoms with van der Waals surface area (Å²) in [5.41, 5.74) is 1.25. The predicted molar refractivity (Wildman–Crippen MR) is 98.6 cm³/mol. The third kappa shape index (κ3) is 3.71. The Kier molecular flexibility index (Phi) is 5.54. The number of nitrogens with zero attached hydrogens (tertiary/aromatic N) is 1. The first-order valence-corrected chi connectivity index (χ1v) is 8.86. The summed E-state index contributed by atoms with van der Waals surface area (Å²) in [5, 5.41) is 24.3. The molecule has 2 amide bonds. The summed E-state index contributed by atoms with van der Waals surface area (Å²) < 4.78 is 0. The molecule has 3 rings (SSSR count). The van der Waals surface area contributed by atoms with Gasteiger partial charge in [0, 0.05) is 20.1 Å². The van der Waals surface area contributed by atoms with Gasteiger partial charge in [0.05, 0.1) is 0 Å². The number of hydrogen-bond acceptors (Lipinski definition) is 4. The topological polar surface area (TPSA) is 89.9 Å². The van der Waals surface area contributed by atoms with E-state index in [-0.39, 0.29) is 0 Å². The third-order valence-electron chi connectivity index (χ3n) is 5.12. The van der Waals surface area contributed by atoms with Crippen molar-refractivity contribution >= 4 is 22.6 Å². The SMILES string of the molecule is CNC(=O)[C@H](O)[C@@H](O)C(=O)N1CCC(c2ccc3ccccc3c2)CC1. The minimum atomic E-state index is -1.74. The second-order valence-electron chi connectivity index (χ2n) is 6.71. The van der Waals surface area contributed by atoms with E-state index < -0.39 is 24.0 Å². The van der Waals surface area contributed by atoms with Crippen molar-refractivity contribution in [1.82, 2.24) is 10.2 Å². The maximum Gasteiger partial charge on any atom is 0.254 e. The first-order chi connectivity index (χ1) is 12.5. The van der Waals surface area contributed by atoms with Crippen LogP contribution in [0.25, 0.3) is 10.8 Å². The maximum atomic E-state index is 12.3. The molecule has 1 aliphatic heterocycles. The molecular formula is C20H24N2O4. The first-order valence-electron chi connectivity index (χ1n) is 8.86. The Balaban J connectivity index is 1.63. The molecule has 1 aliphatic rings. The van der Waals surface area contributed by atoms with Crippen molar-refractivity contribution in [2.45, 2.75) is 31.0 Å². The van der Waals surface area contributed by atoms with E-state index in [1.807, 2.05) is 12.1 Å². The quantitative estimate of drug-likeness (QED) is 0.763. The number of amides is 2. The summed E-state index contributed by atoms with van der Waals surface area (Å²) in [6.45, 7) is 0.988. The summed E-state index contributed by atoms with van der Waals surface area (Å²) in [7, 11) is 1.35. The molecule has 0 saturated carbocycles. The Morgan fingerprint density at radius 1 is 1.04 bits per heavy atom. The van der Waals surface area contributed by atoms with E-state index in [9.17, 15) is 19.8 Å². The van der Waals surface area contributed by atoms with Gasteiger partial charge in [-0.3, -0.25) is 9.59 Å². The number of likely N-dealkylation sites (N-methyl/N-ethyl adjacent to an activating group) is 1. The van der Waals surface area contributed by atoms with Gasteiger partial charge in [-0.1, -0.05) is 42.5 Å². The van der Waals surface area contributed by atoms with Gasteiger partial charge in [0.1, 0.15) is 0 Å². The van der Waals surface area contributed by atoms with Crippen LogP contribution in [0.2, 0.25) is 0 Å². The lowest BCUT2D eigenvalue weighted by Gasteiger charge is -2.34. The molecule has 1 heterocycles. The van der Waals surface area contributed by atoms with E-state index in [2.05, 4.69) is 35.6 Å². The smallest absolute Gasteiger partial charge is 0.254 e. The highest BCUT2D eigenvalue weighted by atomic mass is 16.3. The largest absolute Gasteiger partial charge is 0.380 e. The molecule has 26 heavy (non-hydrogen) atoms. The average molecular weight is 356 g/mol. The molecule has 0 aromatic heterocycles. The molecule has 6 nitrogen and oxygen atoms in total. The summed E-state index contributed by atoms with van der Waals surface area (Å²) in [5.74, 6) is -1.01. The summed E-state index contributed by atoms with van der Waals surface area (Å²) in [6.07, 6.45) is -1.90. The summed E-state index contributed by atoms with van der Waals surface area (Å²) in [6, 6.07) is 14.7. The Morgan fingerprint density at radius 3 is 2.35 bits per heavy atom. The Morgan fingerprint density at radius 2 is 1.69 bits per heavy atom. The van der Waals surface area contributed by atoms with Crippen LogP contribution < -0.4 is 5.32 Å². The molecular weight excluding hydrogens is 332 g/mol. The van der Waals surface area contributed by atoms with Crippen molar-refractivity contribution in [3.8, 4) is 0 Å². The molecule has 2 aromatic rings. The molecule has 0 radical (unpaired) electrons. The highest BCUT2D eigenvalue weighted by Gasteiger charge is 2.34. The lowest BCUT2D eigenvalue weighted by molar-refractivity contribution is -0.153. The molecule has 0 aliphatic carbocycles. The van der Waals surface area contributed by atoms with Crippen LogP contribution in [0.15, 0.2) is 42.5 Å². The Bertz CT molecular complexity index is 799. The van der Waals surface area contributed by atoms with Crippen LogP contribution in [0.5, 0.6) is 0 Å². The predicted octanol–water partition coefficient (Wildman–Crippen LogP) is 1.01. The minimum Gasteiger partial charge on any atom is -0.380 e. The van der Waals surface area contributed by atoms with Crippen LogP contribution >= 0.6 is 0 Å². The average Bonchev–Trinajstić information content (AvgIpc) is 2.71. The van der Waals surface area contributed by atoms with E-state index >= 15 is 0 Å². The van der Waals surface area contributed by atoms with Crippen LogP contribution in [0.4, 0.5) is 0 Å². The van der Waals surface area contributed by atoms with Crippen LogP contribution in [-0.2, 0) is 9.59 Å². The normalized spacial score (nSPS) is 17.7. The van der Waals surface area contributed by atoms with Crippen LogP contribution in [0, 0.1) is 0 Å². The van der Waals surface area contributed by atoms with E-state index in [1.165, 1.54) is 28.3 Å². The molecule has 6 heteroatoms. The van der Waals surface area contributed by atoms with Crippen LogP contribution in [0.1, 0.15) is 24.3 Å². The number of aliphatic hydroxyl groups is 2. The lowest BCUT2D eigenvalue weighted by Crippen LogP contribution is -2.51. The second kappa shape index (κ2) is 7.85. The van der Waals surface area contributed by atoms with Crippen LogP contribution in [0.3, 0.4) is 0 Å². The van der Waals surface area contributed by atoms with E-state index in [0.717, 1.165) is 12.8 Å². The highest BCUT2D eigenvalue weighted by molar-refractivity contribution is 5.90. The standard InChI is InChI=1S/C20H24N2O4/c1-21-19(25)17(23)18(24)20(26)22-10-8-14(9-11-22)16-7-6-13-4-2-3-5-15(13)12-16/h2-7,12,14,17-18,23-24H,8-11H2,1H3,(H,21,25)/t17-,18-/m1/s1. The Labute approximate surface area is 152 Å². The van der Waals surface area contributed by atoms with Crippen molar-refractivity contribution in [2.24, 2.45) is 0 Å². The van der Waals surface area contributed by atoms with Gasteiger partial charge in [-0.2, -0.15) is 0 Å². The molecule has 138 valence electrons. The number of benzene rings is 2. The second-order valence-corrected chi connectivity index (χ2v) is 6.71.